The Bertz CT molecular complexity index is 951. The number of hydrogen-bond acceptors (Lipinski definition) is 5. The first-order valence-electron chi connectivity index (χ1n) is 7.70. The monoisotopic (exact) mass is 412 g/mol. The van der Waals surface area contributed by atoms with Gasteiger partial charge >= 0.3 is 12.1 Å². The van der Waals surface area contributed by atoms with Gasteiger partial charge in [-0.05, 0) is 38.1 Å². The molecule has 2 aromatic heterocycles. The quantitative estimate of drug-likeness (QED) is 0.682. The van der Waals surface area contributed by atoms with E-state index >= 15 is 0 Å². The minimum Gasteiger partial charge on any atom is -0.475 e. The van der Waals surface area contributed by atoms with Gasteiger partial charge in [0.1, 0.15) is 4.88 Å². The number of hydrogen-bond donors (Lipinski definition) is 2. The van der Waals surface area contributed by atoms with Crippen molar-refractivity contribution < 1.29 is 27.9 Å². The molecule has 7 nitrogen and oxygen atoms in total. The fourth-order valence-corrected chi connectivity index (χ4v) is 2.50. The summed E-state index contributed by atoms with van der Waals surface area (Å²) in [6, 6.07) is 7.67. The summed E-state index contributed by atoms with van der Waals surface area (Å²) in [5.41, 5.74) is 5.53. The number of aryl methyl sites for hydroxylation is 1. The van der Waals surface area contributed by atoms with Crippen LogP contribution in [0.2, 0.25) is 0 Å². The molecule has 11 heteroatoms. The third-order valence-corrected chi connectivity index (χ3v) is 4.33. The van der Waals surface area contributed by atoms with Crippen molar-refractivity contribution >= 4 is 28.9 Å². The Morgan fingerprint density at radius 3 is 2.21 bits per heavy atom. The molecule has 2 heterocycles. The normalized spacial score (nSPS) is 10.8. The number of thiazole rings is 1. The summed E-state index contributed by atoms with van der Waals surface area (Å²) in [5.74, 6) is -2.90. The molecule has 0 aliphatic rings. The van der Waals surface area contributed by atoms with Crippen molar-refractivity contribution in [3.05, 3.63) is 58.6 Å². The first-order chi connectivity index (χ1) is 13.1. The predicted molar refractivity (Wildman–Crippen MR) is 96.8 cm³/mol. The molecule has 2 N–H and O–H groups in total. The van der Waals surface area contributed by atoms with E-state index in [0.29, 0.717) is 4.88 Å². The van der Waals surface area contributed by atoms with Crippen molar-refractivity contribution in [1.82, 2.24) is 14.5 Å². The molecule has 1 aromatic carbocycles. The number of rotatable bonds is 3. The molecule has 0 saturated heterocycles. The van der Waals surface area contributed by atoms with Gasteiger partial charge in [-0.2, -0.15) is 13.2 Å². The molecule has 0 aliphatic carbocycles. The van der Waals surface area contributed by atoms with E-state index < -0.39 is 12.1 Å². The van der Waals surface area contributed by atoms with Gasteiger partial charge in [0.25, 0.3) is 5.91 Å². The number of alkyl halides is 3. The molecule has 0 aliphatic heterocycles. The summed E-state index contributed by atoms with van der Waals surface area (Å²) in [5, 5.41) is 9.97. The van der Waals surface area contributed by atoms with Crippen LogP contribution in [0.15, 0.2) is 42.3 Å². The standard InChI is InChI=1S/C15H14N4OS.C2HF3O2/c1-10-11(2)19(8-17-10)13-5-3-12(4-6-13)18-15(20)14-7-16-9-21-14;3-2(4,5)1(6)7/h3-9H,1-2H3,(H,18,20);(H,6,7). The molecule has 0 radical (unpaired) electrons. The summed E-state index contributed by atoms with van der Waals surface area (Å²) >= 11 is 1.32. The van der Waals surface area contributed by atoms with E-state index in [-0.39, 0.29) is 5.91 Å². The van der Waals surface area contributed by atoms with Crippen LogP contribution in [0.3, 0.4) is 0 Å². The molecule has 0 fully saturated rings. The number of benzene rings is 1. The zero-order valence-corrected chi connectivity index (χ0v) is 15.5. The van der Waals surface area contributed by atoms with Crippen LogP contribution in [0.1, 0.15) is 21.1 Å². The second-order valence-corrected chi connectivity index (χ2v) is 6.34. The van der Waals surface area contributed by atoms with Gasteiger partial charge in [-0.1, -0.05) is 0 Å². The molecule has 3 aromatic rings. The predicted octanol–water partition coefficient (Wildman–Crippen LogP) is 3.83. The van der Waals surface area contributed by atoms with E-state index in [4.69, 9.17) is 9.90 Å². The zero-order valence-electron chi connectivity index (χ0n) is 14.7. The summed E-state index contributed by atoms with van der Waals surface area (Å²) < 4.78 is 33.8. The molecule has 148 valence electrons. The lowest BCUT2D eigenvalue weighted by Gasteiger charge is -2.08. The third-order valence-electron chi connectivity index (χ3n) is 3.55. The lowest BCUT2D eigenvalue weighted by molar-refractivity contribution is -0.192. The van der Waals surface area contributed by atoms with E-state index in [9.17, 15) is 18.0 Å². The highest BCUT2D eigenvalue weighted by Gasteiger charge is 2.38. The maximum Gasteiger partial charge on any atom is 0.490 e. The summed E-state index contributed by atoms with van der Waals surface area (Å²) in [7, 11) is 0. The van der Waals surface area contributed by atoms with Crippen LogP contribution >= 0.6 is 11.3 Å². The van der Waals surface area contributed by atoms with E-state index in [1.807, 2.05) is 42.7 Å². The molecular formula is C17H15F3N4O3S. The molecular weight excluding hydrogens is 397 g/mol. The van der Waals surface area contributed by atoms with E-state index in [1.165, 1.54) is 11.3 Å². The number of nitrogens with zero attached hydrogens (tertiary/aromatic N) is 3. The van der Waals surface area contributed by atoms with Gasteiger partial charge in [0.2, 0.25) is 0 Å². The lowest BCUT2D eigenvalue weighted by Crippen LogP contribution is -2.21. The number of aliphatic carboxylic acids is 1. The largest absolute Gasteiger partial charge is 0.490 e. The molecule has 0 bridgehead atoms. The van der Waals surface area contributed by atoms with E-state index in [1.54, 1.807) is 18.0 Å². The van der Waals surface area contributed by atoms with Crippen molar-refractivity contribution in [2.75, 3.05) is 5.32 Å². The first kappa shape index (κ1) is 21.1. The Morgan fingerprint density at radius 2 is 1.79 bits per heavy atom. The van der Waals surface area contributed by atoms with Crippen LogP contribution in [0.25, 0.3) is 5.69 Å². The Labute approximate surface area is 161 Å². The highest BCUT2D eigenvalue weighted by atomic mass is 32.1. The maximum atomic E-state index is 11.9. The smallest absolute Gasteiger partial charge is 0.475 e. The zero-order chi connectivity index (χ0) is 20.9. The topological polar surface area (TPSA) is 97.1 Å². The average molecular weight is 412 g/mol. The number of carbonyl (C=O) groups is 2. The van der Waals surface area contributed by atoms with Crippen LogP contribution in [-0.4, -0.2) is 37.7 Å². The number of imidazole rings is 1. The van der Waals surface area contributed by atoms with Gasteiger partial charge in [0.05, 0.1) is 23.7 Å². The number of carboxylic acids is 1. The van der Waals surface area contributed by atoms with Gasteiger partial charge in [-0.3, -0.25) is 9.78 Å². The number of anilines is 1. The van der Waals surface area contributed by atoms with Gasteiger partial charge < -0.3 is 15.0 Å². The highest BCUT2D eigenvalue weighted by Crippen LogP contribution is 2.18. The molecule has 3 rings (SSSR count). The lowest BCUT2D eigenvalue weighted by atomic mass is 10.2. The van der Waals surface area contributed by atoms with Gasteiger partial charge in [-0.15, -0.1) is 11.3 Å². The molecule has 0 unspecified atom stereocenters. The number of carbonyl (C=O) groups excluding carboxylic acids is 1. The van der Waals surface area contributed by atoms with Gasteiger partial charge in [0, 0.05) is 17.1 Å². The minimum absolute atomic E-state index is 0.139. The van der Waals surface area contributed by atoms with Crippen molar-refractivity contribution in [3.8, 4) is 5.69 Å². The van der Waals surface area contributed by atoms with Crippen molar-refractivity contribution in [1.29, 1.82) is 0 Å². The average Bonchev–Trinajstić information content (AvgIpc) is 3.27. The molecule has 1 amide bonds. The van der Waals surface area contributed by atoms with Crippen molar-refractivity contribution in [2.45, 2.75) is 20.0 Å². The first-order valence-corrected chi connectivity index (χ1v) is 8.58. The Morgan fingerprint density at radius 1 is 1.18 bits per heavy atom. The number of aromatic nitrogens is 3. The Kier molecular flexibility index (Phi) is 6.52. The molecule has 0 saturated carbocycles. The summed E-state index contributed by atoms with van der Waals surface area (Å²) in [6.07, 6.45) is -1.72. The van der Waals surface area contributed by atoms with Crippen LogP contribution in [-0.2, 0) is 4.79 Å². The number of nitrogens with one attached hydrogen (secondary N) is 1. The summed E-state index contributed by atoms with van der Waals surface area (Å²) in [4.78, 5) is 29.6. The fourth-order valence-electron chi connectivity index (χ4n) is 1.98. The Balaban J connectivity index is 0.000000345. The highest BCUT2D eigenvalue weighted by molar-refractivity contribution is 7.11. The molecule has 28 heavy (non-hydrogen) atoms. The van der Waals surface area contributed by atoms with Crippen molar-refractivity contribution in [3.63, 3.8) is 0 Å². The van der Waals surface area contributed by atoms with Crippen LogP contribution in [0, 0.1) is 13.8 Å². The number of halogens is 3. The second-order valence-electron chi connectivity index (χ2n) is 5.45. The molecule has 0 atom stereocenters. The van der Waals surface area contributed by atoms with Crippen LogP contribution < -0.4 is 5.32 Å². The SMILES string of the molecule is Cc1ncn(-c2ccc(NC(=O)c3cncs3)cc2)c1C.O=C(O)C(F)(F)F. The molecule has 0 spiro atoms. The summed E-state index contributed by atoms with van der Waals surface area (Å²) in [6.45, 7) is 4.01. The second kappa shape index (κ2) is 8.65. The third kappa shape index (κ3) is 5.39. The number of amides is 1. The van der Waals surface area contributed by atoms with Gasteiger partial charge in [0.15, 0.2) is 0 Å². The van der Waals surface area contributed by atoms with Crippen LogP contribution in [0.5, 0.6) is 0 Å². The van der Waals surface area contributed by atoms with E-state index in [2.05, 4.69) is 15.3 Å². The fraction of sp³-hybridized carbons (Fsp3) is 0.176. The minimum atomic E-state index is -5.08. The maximum absolute atomic E-state index is 11.9. The van der Waals surface area contributed by atoms with Gasteiger partial charge in [-0.25, -0.2) is 9.78 Å². The van der Waals surface area contributed by atoms with Crippen LogP contribution in [0.4, 0.5) is 18.9 Å². The Hall–Kier alpha value is -3.21. The number of carboxylic acid groups (broad SMARTS) is 1. The van der Waals surface area contributed by atoms with Crippen molar-refractivity contribution in [2.24, 2.45) is 0 Å². The van der Waals surface area contributed by atoms with E-state index in [0.717, 1.165) is 22.8 Å².